The van der Waals surface area contributed by atoms with E-state index in [0.717, 1.165) is 15.7 Å². The highest BCUT2D eigenvalue weighted by Gasteiger charge is 2.02. The number of benzene rings is 2. The minimum absolute atomic E-state index is 0.0909. The average molecular weight is 348 g/mol. The summed E-state index contributed by atoms with van der Waals surface area (Å²) in [7, 11) is 0. The van der Waals surface area contributed by atoms with Gasteiger partial charge in [0.1, 0.15) is 0 Å². The minimum atomic E-state index is -0.411. The van der Waals surface area contributed by atoms with Crippen molar-refractivity contribution in [2.45, 2.75) is 0 Å². The van der Waals surface area contributed by atoms with Crippen molar-refractivity contribution in [2.24, 2.45) is 4.99 Å². The summed E-state index contributed by atoms with van der Waals surface area (Å²) in [5.41, 5.74) is 1.98. The number of halogens is 1. The third-order valence-electron chi connectivity index (χ3n) is 2.74. The number of nitrogens with one attached hydrogen (secondary N) is 1. The monoisotopic (exact) mass is 347 g/mol. The molecule has 0 spiro atoms. The van der Waals surface area contributed by atoms with E-state index in [0.29, 0.717) is 13.1 Å². The first-order valence-corrected chi connectivity index (χ1v) is 7.18. The van der Waals surface area contributed by atoms with E-state index in [1.165, 1.54) is 12.1 Å². The molecule has 6 heteroatoms. The number of aliphatic imine (C=N–C) groups is 1. The molecule has 0 aliphatic rings. The lowest BCUT2D eigenvalue weighted by atomic mass is 10.2. The van der Waals surface area contributed by atoms with Crippen LogP contribution < -0.4 is 5.32 Å². The fourth-order valence-corrected chi connectivity index (χ4v) is 2.14. The third-order valence-corrected chi connectivity index (χ3v) is 3.23. The lowest BCUT2D eigenvalue weighted by Gasteiger charge is -2.03. The quantitative estimate of drug-likeness (QED) is 0.373. The van der Waals surface area contributed by atoms with Crippen LogP contribution in [0.15, 0.2) is 58.0 Å². The molecule has 2 aromatic rings. The van der Waals surface area contributed by atoms with Gasteiger partial charge in [0.25, 0.3) is 5.69 Å². The van der Waals surface area contributed by atoms with Gasteiger partial charge in [0.05, 0.1) is 11.5 Å². The van der Waals surface area contributed by atoms with Gasteiger partial charge in [0.2, 0.25) is 0 Å². The number of hydrogen-bond donors (Lipinski definition) is 1. The molecule has 2 aromatic carbocycles. The van der Waals surface area contributed by atoms with E-state index < -0.39 is 4.92 Å². The van der Waals surface area contributed by atoms with Crippen molar-refractivity contribution in [3.63, 3.8) is 0 Å². The highest BCUT2D eigenvalue weighted by Crippen LogP contribution is 2.15. The third kappa shape index (κ3) is 5.00. The molecule has 2 rings (SSSR count). The van der Waals surface area contributed by atoms with Gasteiger partial charge in [-0.1, -0.05) is 28.1 Å². The zero-order valence-electron chi connectivity index (χ0n) is 11.2. The number of nitrogens with zero attached hydrogens (tertiary/aromatic N) is 2. The van der Waals surface area contributed by atoms with Gasteiger partial charge in [-0.2, -0.15) is 0 Å². The summed E-state index contributed by atoms with van der Waals surface area (Å²) < 4.78 is 1.02. The fourth-order valence-electron chi connectivity index (χ4n) is 1.72. The summed E-state index contributed by atoms with van der Waals surface area (Å²) in [6.07, 6.45) is 1.82. The average Bonchev–Trinajstić information content (AvgIpc) is 2.47. The van der Waals surface area contributed by atoms with E-state index in [4.69, 9.17) is 0 Å². The van der Waals surface area contributed by atoms with Gasteiger partial charge in [-0.3, -0.25) is 15.1 Å². The topological polar surface area (TPSA) is 67.5 Å². The molecule has 0 aliphatic heterocycles. The lowest BCUT2D eigenvalue weighted by Crippen LogP contribution is -2.04. The Bertz CT molecular complexity index is 642. The van der Waals surface area contributed by atoms with Gasteiger partial charge in [-0.15, -0.1) is 0 Å². The standard InChI is InChI=1S/C15H14BrN3O2/c16-13-3-1-2-12(10-13)11-17-8-9-18-14-4-6-15(7-5-14)19(20)21/h1-7,10-11,18H,8-9H2. The van der Waals surface area contributed by atoms with Gasteiger partial charge in [0, 0.05) is 35.1 Å². The van der Waals surface area contributed by atoms with Gasteiger partial charge in [-0.05, 0) is 29.8 Å². The van der Waals surface area contributed by atoms with Gasteiger partial charge < -0.3 is 5.32 Å². The number of non-ortho nitro benzene ring substituents is 1. The van der Waals surface area contributed by atoms with Crippen LogP contribution in [-0.2, 0) is 0 Å². The predicted molar refractivity (Wildman–Crippen MR) is 88.2 cm³/mol. The summed E-state index contributed by atoms with van der Waals surface area (Å²) in [5.74, 6) is 0. The molecule has 0 radical (unpaired) electrons. The number of rotatable bonds is 6. The van der Waals surface area contributed by atoms with Crippen LogP contribution in [0.2, 0.25) is 0 Å². The molecule has 0 saturated carbocycles. The number of nitro groups is 1. The van der Waals surface area contributed by atoms with Crippen LogP contribution in [0, 0.1) is 10.1 Å². The summed E-state index contributed by atoms with van der Waals surface area (Å²) in [5, 5.41) is 13.7. The normalized spacial score (nSPS) is 10.7. The Balaban J connectivity index is 1.78. The first-order chi connectivity index (χ1) is 10.1. The fraction of sp³-hybridized carbons (Fsp3) is 0.133. The second kappa shape index (κ2) is 7.54. The molecular formula is C15H14BrN3O2. The maximum atomic E-state index is 10.5. The zero-order valence-corrected chi connectivity index (χ0v) is 12.8. The molecule has 0 unspecified atom stereocenters. The highest BCUT2D eigenvalue weighted by molar-refractivity contribution is 9.10. The van der Waals surface area contributed by atoms with Crippen LogP contribution in [0.1, 0.15) is 5.56 Å². The largest absolute Gasteiger partial charge is 0.383 e. The van der Waals surface area contributed by atoms with Gasteiger partial charge in [0.15, 0.2) is 0 Å². The van der Waals surface area contributed by atoms with Crippen LogP contribution in [0.5, 0.6) is 0 Å². The van der Waals surface area contributed by atoms with Crippen molar-refractivity contribution in [1.82, 2.24) is 0 Å². The van der Waals surface area contributed by atoms with Crippen LogP contribution in [-0.4, -0.2) is 24.2 Å². The van der Waals surface area contributed by atoms with E-state index >= 15 is 0 Å². The molecule has 5 nitrogen and oxygen atoms in total. The lowest BCUT2D eigenvalue weighted by molar-refractivity contribution is -0.384. The minimum Gasteiger partial charge on any atom is -0.383 e. The van der Waals surface area contributed by atoms with Crippen molar-refractivity contribution < 1.29 is 4.92 Å². The smallest absolute Gasteiger partial charge is 0.269 e. The summed E-state index contributed by atoms with van der Waals surface area (Å²) >= 11 is 3.41. The van der Waals surface area contributed by atoms with Crippen molar-refractivity contribution in [3.8, 4) is 0 Å². The summed E-state index contributed by atoms with van der Waals surface area (Å²) in [4.78, 5) is 14.4. The molecule has 0 fully saturated rings. The Hall–Kier alpha value is -2.21. The van der Waals surface area contributed by atoms with E-state index in [1.807, 2.05) is 30.5 Å². The summed E-state index contributed by atoms with van der Waals surface area (Å²) in [6, 6.07) is 14.2. The van der Waals surface area contributed by atoms with Crippen molar-refractivity contribution >= 4 is 33.5 Å². The Morgan fingerprint density at radius 1 is 1.24 bits per heavy atom. The van der Waals surface area contributed by atoms with E-state index in [-0.39, 0.29) is 5.69 Å². The molecule has 0 heterocycles. The molecule has 21 heavy (non-hydrogen) atoms. The van der Waals surface area contributed by atoms with E-state index in [2.05, 4.69) is 26.2 Å². The van der Waals surface area contributed by atoms with Crippen LogP contribution in [0.25, 0.3) is 0 Å². The number of anilines is 1. The van der Waals surface area contributed by atoms with Crippen LogP contribution in [0.4, 0.5) is 11.4 Å². The Kier molecular flexibility index (Phi) is 5.45. The second-order valence-electron chi connectivity index (χ2n) is 4.32. The predicted octanol–water partition coefficient (Wildman–Crippen LogP) is 3.89. The second-order valence-corrected chi connectivity index (χ2v) is 5.24. The molecule has 0 saturated heterocycles. The maximum absolute atomic E-state index is 10.5. The van der Waals surface area contributed by atoms with E-state index in [1.54, 1.807) is 12.1 Å². The zero-order chi connectivity index (χ0) is 15.1. The van der Waals surface area contributed by atoms with Crippen LogP contribution >= 0.6 is 15.9 Å². The van der Waals surface area contributed by atoms with Crippen molar-refractivity contribution in [2.75, 3.05) is 18.4 Å². The first kappa shape index (κ1) is 15.2. The Morgan fingerprint density at radius 2 is 2.00 bits per heavy atom. The van der Waals surface area contributed by atoms with Gasteiger partial charge in [-0.25, -0.2) is 0 Å². The number of hydrogen-bond acceptors (Lipinski definition) is 4. The SMILES string of the molecule is O=[N+]([O-])c1ccc(NCCN=Cc2cccc(Br)c2)cc1. The van der Waals surface area contributed by atoms with Crippen molar-refractivity contribution in [1.29, 1.82) is 0 Å². The molecule has 0 aromatic heterocycles. The molecule has 108 valence electrons. The highest BCUT2D eigenvalue weighted by atomic mass is 79.9. The van der Waals surface area contributed by atoms with E-state index in [9.17, 15) is 10.1 Å². The van der Waals surface area contributed by atoms with Crippen LogP contribution in [0.3, 0.4) is 0 Å². The van der Waals surface area contributed by atoms with Gasteiger partial charge >= 0.3 is 0 Å². The Morgan fingerprint density at radius 3 is 2.67 bits per heavy atom. The summed E-state index contributed by atoms with van der Waals surface area (Å²) in [6.45, 7) is 1.30. The maximum Gasteiger partial charge on any atom is 0.269 e. The molecular weight excluding hydrogens is 334 g/mol. The molecule has 0 bridgehead atoms. The molecule has 0 aliphatic carbocycles. The molecule has 1 N–H and O–H groups in total. The van der Waals surface area contributed by atoms with Crippen molar-refractivity contribution in [3.05, 3.63) is 68.7 Å². The molecule has 0 atom stereocenters. The first-order valence-electron chi connectivity index (χ1n) is 6.39. The molecule has 0 amide bonds. The number of nitro benzene ring substituents is 1. The Labute approximate surface area is 131 Å².